The maximum atomic E-state index is 11.7. The summed E-state index contributed by atoms with van der Waals surface area (Å²) in [6, 6.07) is 12.8. The lowest BCUT2D eigenvalue weighted by molar-refractivity contribution is 0.0697. The summed E-state index contributed by atoms with van der Waals surface area (Å²) in [7, 11) is 0. The average Bonchev–Trinajstić information content (AvgIpc) is 2.45. The third-order valence-corrected chi connectivity index (χ3v) is 2.94. The fourth-order valence-corrected chi connectivity index (χ4v) is 1.95. The van der Waals surface area contributed by atoms with Crippen LogP contribution >= 0.6 is 11.6 Å². The van der Waals surface area contributed by atoms with Gasteiger partial charge in [0.25, 0.3) is 0 Å². The van der Waals surface area contributed by atoms with Gasteiger partial charge in [-0.2, -0.15) is 0 Å². The van der Waals surface area contributed by atoms with Crippen molar-refractivity contribution in [3.05, 3.63) is 64.7 Å². The van der Waals surface area contributed by atoms with E-state index in [-0.39, 0.29) is 5.56 Å². The van der Waals surface area contributed by atoms with Gasteiger partial charge >= 0.3 is 12.0 Å². The number of aromatic carboxylic acids is 1. The van der Waals surface area contributed by atoms with E-state index < -0.39 is 12.0 Å². The standard InChI is InChI=1S/C15H13ClN2O3/c16-12-5-1-3-10(7-12)9-17-15(21)18-13-6-2-4-11(8-13)14(19)20/h1-8H,9H2,(H,19,20)(H2,17,18,21). The number of benzene rings is 2. The highest BCUT2D eigenvalue weighted by molar-refractivity contribution is 6.30. The number of urea groups is 1. The summed E-state index contributed by atoms with van der Waals surface area (Å²) < 4.78 is 0. The molecule has 0 aromatic heterocycles. The van der Waals surface area contributed by atoms with Crippen LogP contribution in [0.3, 0.4) is 0 Å². The molecule has 0 spiro atoms. The first-order valence-corrected chi connectivity index (χ1v) is 6.55. The Morgan fingerprint density at radius 1 is 1.10 bits per heavy atom. The molecule has 3 N–H and O–H groups in total. The van der Waals surface area contributed by atoms with Crippen molar-refractivity contribution in [2.75, 3.05) is 5.32 Å². The number of hydrogen-bond acceptors (Lipinski definition) is 2. The second-order valence-corrected chi connectivity index (χ2v) is 4.76. The predicted molar refractivity (Wildman–Crippen MR) is 80.7 cm³/mol. The van der Waals surface area contributed by atoms with Crippen molar-refractivity contribution in [3.8, 4) is 0 Å². The van der Waals surface area contributed by atoms with Crippen molar-refractivity contribution in [2.45, 2.75) is 6.54 Å². The van der Waals surface area contributed by atoms with E-state index in [0.29, 0.717) is 17.3 Å². The number of anilines is 1. The molecule has 0 fully saturated rings. The number of rotatable bonds is 4. The zero-order chi connectivity index (χ0) is 15.2. The highest BCUT2D eigenvalue weighted by atomic mass is 35.5. The molecule has 0 atom stereocenters. The number of carboxylic acids is 1. The zero-order valence-electron chi connectivity index (χ0n) is 11.0. The number of nitrogens with one attached hydrogen (secondary N) is 2. The van der Waals surface area contributed by atoms with E-state index in [1.165, 1.54) is 12.1 Å². The summed E-state index contributed by atoms with van der Waals surface area (Å²) in [6.07, 6.45) is 0. The van der Waals surface area contributed by atoms with Crippen molar-refractivity contribution in [2.24, 2.45) is 0 Å². The van der Waals surface area contributed by atoms with Gasteiger partial charge in [0.05, 0.1) is 5.56 Å². The number of amides is 2. The van der Waals surface area contributed by atoms with Crippen LogP contribution in [-0.2, 0) is 6.54 Å². The molecule has 2 rings (SSSR count). The van der Waals surface area contributed by atoms with Crippen LogP contribution in [0.1, 0.15) is 15.9 Å². The summed E-state index contributed by atoms with van der Waals surface area (Å²) in [5.74, 6) is -1.04. The minimum absolute atomic E-state index is 0.114. The van der Waals surface area contributed by atoms with E-state index in [1.54, 1.807) is 30.3 Å². The van der Waals surface area contributed by atoms with Gasteiger partial charge in [-0.25, -0.2) is 9.59 Å². The highest BCUT2D eigenvalue weighted by Gasteiger charge is 2.06. The fraction of sp³-hybridized carbons (Fsp3) is 0.0667. The molecule has 2 aromatic rings. The second kappa shape index (κ2) is 6.76. The fourth-order valence-electron chi connectivity index (χ4n) is 1.73. The number of carbonyl (C=O) groups is 2. The van der Waals surface area contributed by atoms with E-state index in [0.717, 1.165) is 5.56 Å². The van der Waals surface area contributed by atoms with Crippen molar-refractivity contribution >= 4 is 29.3 Å². The van der Waals surface area contributed by atoms with Crippen LogP contribution in [0.25, 0.3) is 0 Å². The minimum Gasteiger partial charge on any atom is -0.478 e. The Kier molecular flexibility index (Phi) is 4.79. The lowest BCUT2D eigenvalue weighted by atomic mass is 10.2. The topological polar surface area (TPSA) is 78.4 Å². The number of hydrogen-bond donors (Lipinski definition) is 3. The summed E-state index contributed by atoms with van der Waals surface area (Å²) in [6.45, 7) is 0.324. The molecule has 0 saturated heterocycles. The van der Waals surface area contributed by atoms with Crippen LogP contribution in [0.4, 0.5) is 10.5 Å². The summed E-state index contributed by atoms with van der Waals surface area (Å²) in [5, 5.41) is 14.7. The highest BCUT2D eigenvalue weighted by Crippen LogP contribution is 2.12. The molecule has 0 aliphatic heterocycles. The third-order valence-electron chi connectivity index (χ3n) is 2.71. The molecule has 0 saturated carbocycles. The molecule has 0 aliphatic carbocycles. The average molecular weight is 305 g/mol. The lowest BCUT2D eigenvalue weighted by Crippen LogP contribution is -2.28. The Bertz CT molecular complexity index is 673. The first-order valence-electron chi connectivity index (χ1n) is 6.17. The Hall–Kier alpha value is -2.53. The van der Waals surface area contributed by atoms with Crippen molar-refractivity contribution < 1.29 is 14.7 Å². The molecule has 21 heavy (non-hydrogen) atoms. The summed E-state index contributed by atoms with van der Waals surface area (Å²) in [5.41, 5.74) is 1.40. The van der Waals surface area contributed by atoms with Crippen LogP contribution in [0.2, 0.25) is 5.02 Å². The molecule has 6 heteroatoms. The monoisotopic (exact) mass is 304 g/mol. The van der Waals surface area contributed by atoms with E-state index in [2.05, 4.69) is 10.6 Å². The first-order chi connectivity index (χ1) is 10.0. The molecule has 2 amide bonds. The van der Waals surface area contributed by atoms with Gasteiger partial charge in [0.1, 0.15) is 0 Å². The third kappa shape index (κ3) is 4.50. The zero-order valence-corrected chi connectivity index (χ0v) is 11.7. The maximum Gasteiger partial charge on any atom is 0.335 e. The van der Waals surface area contributed by atoms with Crippen molar-refractivity contribution in [1.29, 1.82) is 0 Å². The van der Waals surface area contributed by atoms with Gasteiger partial charge in [0.2, 0.25) is 0 Å². The minimum atomic E-state index is -1.04. The van der Waals surface area contributed by atoms with E-state index in [9.17, 15) is 9.59 Å². The Morgan fingerprint density at radius 2 is 1.86 bits per heavy atom. The Morgan fingerprint density at radius 3 is 2.57 bits per heavy atom. The normalized spacial score (nSPS) is 9.95. The number of halogens is 1. The molecule has 0 heterocycles. The van der Waals surface area contributed by atoms with Gasteiger partial charge in [0, 0.05) is 17.3 Å². The summed E-state index contributed by atoms with van der Waals surface area (Å²) >= 11 is 5.85. The smallest absolute Gasteiger partial charge is 0.335 e. The molecule has 2 aromatic carbocycles. The molecular weight excluding hydrogens is 292 g/mol. The largest absolute Gasteiger partial charge is 0.478 e. The van der Waals surface area contributed by atoms with Gasteiger partial charge < -0.3 is 15.7 Å². The Balaban J connectivity index is 1.93. The van der Waals surface area contributed by atoms with E-state index >= 15 is 0 Å². The van der Waals surface area contributed by atoms with Gasteiger partial charge in [-0.05, 0) is 35.9 Å². The molecule has 0 radical (unpaired) electrons. The van der Waals surface area contributed by atoms with E-state index in [4.69, 9.17) is 16.7 Å². The predicted octanol–water partition coefficient (Wildman–Crippen LogP) is 3.36. The second-order valence-electron chi connectivity index (χ2n) is 4.32. The SMILES string of the molecule is O=C(NCc1cccc(Cl)c1)Nc1cccc(C(=O)O)c1. The van der Waals surface area contributed by atoms with Gasteiger partial charge in [0.15, 0.2) is 0 Å². The molecular formula is C15H13ClN2O3. The quantitative estimate of drug-likeness (QED) is 0.810. The maximum absolute atomic E-state index is 11.7. The lowest BCUT2D eigenvalue weighted by Gasteiger charge is -2.08. The Labute approximate surface area is 126 Å². The number of carbonyl (C=O) groups excluding carboxylic acids is 1. The summed E-state index contributed by atoms with van der Waals surface area (Å²) in [4.78, 5) is 22.6. The van der Waals surface area contributed by atoms with Gasteiger partial charge in [-0.15, -0.1) is 0 Å². The molecule has 0 bridgehead atoms. The molecule has 0 aliphatic rings. The number of carboxylic acid groups (broad SMARTS) is 1. The van der Waals surface area contributed by atoms with Crippen LogP contribution in [0.5, 0.6) is 0 Å². The van der Waals surface area contributed by atoms with Crippen molar-refractivity contribution in [1.82, 2.24) is 5.32 Å². The first kappa shape index (κ1) is 14.9. The molecule has 5 nitrogen and oxygen atoms in total. The van der Waals surface area contributed by atoms with Gasteiger partial charge in [-0.1, -0.05) is 29.8 Å². The molecule has 108 valence electrons. The van der Waals surface area contributed by atoms with Crippen LogP contribution in [0, 0.1) is 0 Å². The van der Waals surface area contributed by atoms with Gasteiger partial charge in [-0.3, -0.25) is 0 Å². The van der Waals surface area contributed by atoms with E-state index in [1.807, 2.05) is 6.07 Å². The van der Waals surface area contributed by atoms with Crippen LogP contribution in [-0.4, -0.2) is 17.1 Å². The van der Waals surface area contributed by atoms with Crippen LogP contribution in [0.15, 0.2) is 48.5 Å². The van der Waals surface area contributed by atoms with Crippen LogP contribution < -0.4 is 10.6 Å². The molecule has 0 unspecified atom stereocenters. The van der Waals surface area contributed by atoms with Crippen molar-refractivity contribution in [3.63, 3.8) is 0 Å².